The van der Waals surface area contributed by atoms with E-state index >= 15 is 0 Å². The van der Waals surface area contributed by atoms with Gasteiger partial charge in [-0.3, -0.25) is 0 Å². The topological polar surface area (TPSA) is 0 Å². The highest BCUT2D eigenvalue weighted by Crippen LogP contribution is 2.62. The molecule has 3 aliphatic rings. The molecule has 0 amide bonds. The standard InChI is InChI=1S/C29H26/c1-5-11-21-24-17-16-20(19(3)4)18-28(24)29(25(21)6-2)26-14-9-7-12-22(26)23-13-8-10-15-27(23)29/h5-7,9-12,14-18H,2-3,8,13H2,1,4H3/b11-5-. The van der Waals surface area contributed by atoms with Crippen molar-refractivity contribution in [3.05, 3.63) is 125 Å². The monoisotopic (exact) mass is 374 g/mol. The molecule has 0 radical (unpaired) electrons. The molecule has 1 atom stereocenters. The van der Waals surface area contributed by atoms with Gasteiger partial charge in [-0.25, -0.2) is 0 Å². The smallest absolute Gasteiger partial charge is 0.0722 e. The van der Waals surface area contributed by atoms with E-state index in [-0.39, 0.29) is 5.41 Å². The van der Waals surface area contributed by atoms with E-state index < -0.39 is 0 Å². The summed E-state index contributed by atoms with van der Waals surface area (Å²) in [5.74, 6) is 0. The first kappa shape index (κ1) is 17.9. The lowest BCUT2D eigenvalue weighted by Crippen LogP contribution is -2.28. The van der Waals surface area contributed by atoms with Gasteiger partial charge in [0.2, 0.25) is 0 Å². The second kappa shape index (κ2) is 6.46. The van der Waals surface area contributed by atoms with Crippen LogP contribution in [0.5, 0.6) is 0 Å². The Labute approximate surface area is 174 Å². The van der Waals surface area contributed by atoms with E-state index in [9.17, 15) is 0 Å². The Balaban J connectivity index is 1.97. The normalized spacial score (nSPS) is 21.7. The third-order valence-electron chi connectivity index (χ3n) is 6.67. The van der Waals surface area contributed by atoms with Crippen molar-refractivity contribution in [2.75, 3.05) is 0 Å². The molecular formula is C29H26. The average molecular weight is 375 g/mol. The fourth-order valence-corrected chi connectivity index (χ4v) is 5.55. The Morgan fingerprint density at radius 3 is 2.66 bits per heavy atom. The van der Waals surface area contributed by atoms with Gasteiger partial charge in [-0.2, -0.15) is 0 Å². The second-order valence-electron chi connectivity index (χ2n) is 8.20. The van der Waals surface area contributed by atoms with Crippen molar-refractivity contribution in [1.29, 1.82) is 0 Å². The molecule has 2 aromatic rings. The lowest BCUT2D eigenvalue weighted by atomic mass is 9.68. The Morgan fingerprint density at radius 2 is 1.90 bits per heavy atom. The van der Waals surface area contributed by atoms with Crippen molar-refractivity contribution in [3.8, 4) is 0 Å². The fraction of sp³-hybridized carbons (Fsp3) is 0.172. The van der Waals surface area contributed by atoms with Crippen molar-refractivity contribution < 1.29 is 0 Å². The van der Waals surface area contributed by atoms with Gasteiger partial charge in [0.1, 0.15) is 0 Å². The molecule has 0 bridgehead atoms. The Kier molecular flexibility index (Phi) is 3.99. The molecule has 2 aromatic carbocycles. The first-order valence-corrected chi connectivity index (χ1v) is 10.4. The van der Waals surface area contributed by atoms with Gasteiger partial charge in [-0.1, -0.05) is 85.5 Å². The van der Waals surface area contributed by atoms with Crippen LogP contribution in [0.3, 0.4) is 0 Å². The minimum atomic E-state index is -0.278. The molecule has 0 nitrogen and oxygen atoms in total. The maximum atomic E-state index is 4.29. The van der Waals surface area contributed by atoms with Crippen molar-refractivity contribution in [2.24, 2.45) is 0 Å². The molecular weight excluding hydrogens is 348 g/mol. The summed E-state index contributed by atoms with van der Waals surface area (Å²) in [6, 6.07) is 15.8. The van der Waals surface area contributed by atoms with Gasteiger partial charge >= 0.3 is 0 Å². The van der Waals surface area contributed by atoms with Gasteiger partial charge in [-0.05, 0) is 82.9 Å². The van der Waals surface area contributed by atoms with E-state index in [4.69, 9.17) is 0 Å². The SMILES string of the molecule is C=CC1=C(/C=C\C)c2ccc(C(=C)C)cc2C12C1=C(CCC=C1)c1ccccc12. The number of hydrogen-bond acceptors (Lipinski definition) is 0. The summed E-state index contributed by atoms with van der Waals surface area (Å²) in [6.07, 6.45) is 13.4. The minimum Gasteiger partial charge on any atom is -0.0987 e. The van der Waals surface area contributed by atoms with Crippen LogP contribution in [0.15, 0.2) is 97.1 Å². The van der Waals surface area contributed by atoms with Crippen LogP contribution >= 0.6 is 0 Å². The summed E-state index contributed by atoms with van der Waals surface area (Å²) < 4.78 is 0. The molecule has 0 fully saturated rings. The number of hydrogen-bond donors (Lipinski definition) is 0. The van der Waals surface area contributed by atoms with Crippen LogP contribution in [0.4, 0.5) is 0 Å². The van der Waals surface area contributed by atoms with Gasteiger partial charge < -0.3 is 0 Å². The Morgan fingerprint density at radius 1 is 1.07 bits per heavy atom. The van der Waals surface area contributed by atoms with Crippen LogP contribution in [-0.2, 0) is 5.41 Å². The van der Waals surface area contributed by atoms with Crippen LogP contribution in [0.2, 0.25) is 0 Å². The summed E-state index contributed by atoms with van der Waals surface area (Å²) >= 11 is 0. The molecule has 3 aliphatic carbocycles. The lowest BCUT2D eigenvalue weighted by Gasteiger charge is -2.33. The molecule has 142 valence electrons. The van der Waals surface area contributed by atoms with E-state index in [0.717, 1.165) is 18.4 Å². The van der Waals surface area contributed by atoms with Gasteiger partial charge in [-0.15, -0.1) is 0 Å². The van der Waals surface area contributed by atoms with Gasteiger partial charge in [0, 0.05) is 0 Å². The quantitative estimate of drug-likeness (QED) is 0.517. The highest BCUT2D eigenvalue weighted by Gasteiger charge is 2.52. The fourth-order valence-electron chi connectivity index (χ4n) is 5.55. The van der Waals surface area contributed by atoms with Crippen molar-refractivity contribution in [1.82, 2.24) is 0 Å². The number of rotatable bonds is 3. The van der Waals surface area contributed by atoms with Gasteiger partial charge in [0.25, 0.3) is 0 Å². The number of allylic oxidation sites excluding steroid dienone is 10. The van der Waals surface area contributed by atoms with Crippen molar-refractivity contribution in [2.45, 2.75) is 32.1 Å². The van der Waals surface area contributed by atoms with Crippen LogP contribution in [-0.4, -0.2) is 0 Å². The van der Waals surface area contributed by atoms with E-state index in [1.165, 1.54) is 50.1 Å². The molecule has 0 heterocycles. The second-order valence-corrected chi connectivity index (χ2v) is 8.20. The molecule has 0 aliphatic heterocycles. The predicted molar refractivity (Wildman–Crippen MR) is 126 cm³/mol. The number of fused-ring (bicyclic) bond motifs is 6. The Bertz CT molecular complexity index is 1190. The van der Waals surface area contributed by atoms with Crippen LogP contribution in [0.25, 0.3) is 16.7 Å². The Hall–Kier alpha value is -3.12. The zero-order chi connectivity index (χ0) is 20.2. The molecule has 0 saturated heterocycles. The van der Waals surface area contributed by atoms with Crippen LogP contribution in [0.1, 0.15) is 54.5 Å². The molecule has 1 spiro atoms. The predicted octanol–water partition coefficient (Wildman–Crippen LogP) is 7.65. The van der Waals surface area contributed by atoms with Gasteiger partial charge in [0.05, 0.1) is 5.41 Å². The van der Waals surface area contributed by atoms with Gasteiger partial charge in [0.15, 0.2) is 0 Å². The molecule has 0 N–H and O–H groups in total. The molecule has 0 heteroatoms. The summed E-state index contributed by atoms with van der Waals surface area (Å²) in [5, 5.41) is 0. The molecule has 1 unspecified atom stereocenters. The summed E-state index contributed by atoms with van der Waals surface area (Å²) in [7, 11) is 0. The molecule has 0 saturated carbocycles. The maximum absolute atomic E-state index is 4.29. The summed E-state index contributed by atoms with van der Waals surface area (Å²) in [4.78, 5) is 0. The highest BCUT2D eigenvalue weighted by molar-refractivity contribution is 5.99. The van der Waals surface area contributed by atoms with Crippen molar-refractivity contribution in [3.63, 3.8) is 0 Å². The largest absolute Gasteiger partial charge is 0.0987 e. The van der Waals surface area contributed by atoms with E-state index in [2.05, 4.69) is 99.9 Å². The van der Waals surface area contributed by atoms with E-state index in [1.54, 1.807) is 0 Å². The van der Waals surface area contributed by atoms with E-state index in [1.807, 2.05) is 0 Å². The van der Waals surface area contributed by atoms with E-state index in [0.29, 0.717) is 0 Å². The zero-order valence-corrected chi connectivity index (χ0v) is 17.3. The highest BCUT2D eigenvalue weighted by atomic mass is 14.5. The summed E-state index contributed by atoms with van der Waals surface area (Å²) in [5.41, 5.74) is 13.0. The van der Waals surface area contributed by atoms with Crippen LogP contribution in [0, 0.1) is 0 Å². The number of benzene rings is 2. The molecule has 5 rings (SSSR count). The van der Waals surface area contributed by atoms with Crippen molar-refractivity contribution >= 4 is 16.7 Å². The third-order valence-corrected chi connectivity index (χ3v) is 6.67. The maximum Gasteiger partial charge on any atom is 0.0722 e. The third kappa shape index (κ3) is 2.20. The van der Waals surface area contributed by atoms with Crippen LogP contribution < -0.4 is 0 Å². The zero-order valence-electron chi connectivity index (χ0n) is 17.3. The lowest BCUT2D eigenvalue weighted by molar-refractivity contribution is 0.773. The average Bonchev–Trinajstić information content (AvgIpc) is 3.20. The molecule has 0 aromatic heterocycles. The molecule has 29 heavy (non-hydrogen) atoms. The minimum absolute atomic E-state index is 0.278. The first-order chi connectivity index (χ1) is 14.1. The summed E-state index contributed by atoms with van der Waals surface area (Å²) in [6.45, 7) is 12.7. The first-order valence-electron chi connectivity index (χ1n) is 10.4.